The summed E-state index contributed by atoms with van der Waals surface area (Å²) in [7, 11) is 1.76. The third-order valence-electron chi connectivity index (χ3n) is 6.19. The fraction of sp³-hybridized carbons (Fsp3) is 0.346. The van der Waals surface area contributed by atoms with E-state index in [-0.39, 0.29) is 12.5 Å². The molecular formula is C26H32N6O. The monoisotopic (exact) mass is 444 g/mol. The van der Waals surface area contributed by atoms with Gasteiger partial charge in [0.25, 0.3) is 0 Å². The van der Waals surface area contributed by atoms with Crippen molar-refractivity contribution in [1.29, 1.82) is 0 Å². The number of likely N-dealkylation sites (N-methyl/N-ethyl adjacent to an activating group) is 1. The van der Waals surface area contributed by atoms with Crippen LogP contribution in [0.4, 0.5) is 11.6 Å². The van der Waals surface area contributed by atoms with Crippen molar-refractivity contribution in [3.05, 3.63) is 72.1 Å². The van der Waals surface area contributed by atoms with Crippen molar-refractivity contribution in [3.8, 4) is 11.1 Å². The second-order valence-corrected chi connectivity index (χ2v) is 8.38. The third-order valence-corrected chi connectivity index (χ3v) is 6.19. The van der Waals surface area contributed by atoms with Gasteiger partial charge in [-0.15, -0.1) is 0 Å². The molecule has 1 saturated heterocycles. The maximum atomic E-state index is 11.8. The van der Waals surface area contributed by atoms with Crippen LogP contribution < -0.4 is 15.5 Å². The van der Waals surface area contributed by atoms with E-state index in [1.807, 2.05) is 30.6 Å². The fourth-order valence-electron chi connectivity index (χ4n) is 4.27. The van der Waals surface area contributed by atoms with Crippen LogP contribution in [0, 0.1) is 0 Å². The number of anilines is 2. The molecule has 0 spiro atoms. The first-order valence-electron chi connectivity index (χ1n) is 11.5. The molecule has 0 radical (unpaired) electrons. The van der Waals surface area contributed by atoms with Gasteiger partial charge in [-0.2, -0.15) is 0 Å². The van der Waals surface area contributed by atoms with Crippen LogP contribution in [-0.2, 0) is 17.8 Å². The van der Waals surface area contributed by atoms with Crippen LogP contribution in [0.25, 0.3) is 11.1 Å². The van der Waals surface area contributed by atoms with Crippen LogP contribution in [0.2, 0.25) is 0 Å². The highest BCUT2D eigenvalue weighted by Crippen LogP contribution is 2.24. The number of aryl methyl sites for hydroxylation is 1. The normalized spacial score (nSPS) is 13.8. The molecule has 172 valence electrons. The number of nitrogens with zero attached hydrogens (tertiary/aromatic N) is 5. The molecule has 0 aliphatic carbocycles. The molecule has 2 N–H and O–H groups in total. The first kappa shape index (κ1) is 22.7. The molecule has 1 aliphatic rings. The van der Waals surface area contributed by atoms with E-state index in [9.17, 15) is 4.79 Å². The molecule has 1 aromatic heterocycles. The van der Waals surface area contributed by atoms with E-state index >= 15 is 0 Å². The highest BCUT2D eigenvalue weighted by atomic mass is 16.2. The molecule has 0 saturated carbocycles. The maximum absolute atomic E-state index is 11.8. The second kappa shape index (κ2) is 10.4. The van der Waals surface area contributed by atoms with Gasteiger partial charge in [-0.1, -0.05) is 43.3 Å². The highest BCUT2D eigenvalue weighted by molar-refractivity contribution is 5.77. The molecule has 0 unspecified atom stereocenters. The average Bonchev–Trinajstić information content (AvgIpc) is 2.88. The number of piperazine rings is 1. The number of amides is 1. The van der Waals surface area contributed by atoms with Crippen LogP contribution in [0.3, 0.4) is 0 Å². The van der Waals surface area contributed by atoms with E-state index < -0.39 is 0 Å². The van der Waals surface area contributed by atoms with Crippen molar-refractivity contribution < 1.29 is 4.79 Å². The van der Waals surface area contributed by atoms with Crippen molar-refractivity contribution in [2.45, 2.75) is 19.9 Å². The largest absolute Gasteiger partial charge is 0.368 e. The van der Waals surface area contributed by atoms with Gasteiger partial charge < -0.3 is 20.4 Å². The van der Waals surface area contributed by atoms with Gasteiger partial charge in [0, 0.05) is 63.4 Å². The number of nitrogens with two attached hydrogens (primary N) is 1. The number of hydrogen-bond donors (Lipinski definition) is 1. The molecule has 0 bridgehead atoms. The highest BCUT2D eigenvalue weighted by Gasteiger charge is 2.20. The summed E-state index contributed by atoms with van der Waals surface area (Å²) in [4.78, 5) is 27.4. The predicted molar refractivity (Wildman–Crippen MR) is 133 cm³/mol. The first-order chi connectivity index (χ1) is 16.1. The number of benzene rings is 2. The lowest BCUT2D eigenvalue weighted by Crippen LogP contribution is -2.47. The SMILES string of the molecule is CCc1ccccc1N1CCN(c2ncc(-c3cccc(CN(C)C(=O)CN)c3)cn2)CC1. The molecule has 2 aromatic carbocycles. The fourth-order valence-corrected chi connectivity index (χ4v) is 4.27. The molecule has 1 aliphatic heterocycles. The number of rotatable bonds is 7. The van der Waals surface area contributed by atoms with Crippen LogP contribution >= 0.6 is 0 Å². The average molecular weight is 445 g/mol. The first-order valence-corrected chi connectivity index (χ1v) is 11.5. The Hall–Kier alpha value is -3.45. The molecule has 0 atom stereocenters. The van der Waals surface area contributed by atoms with E-state index in [1.165, 1.54) is 11.3 Å². The van der Waals surface area contributed by atoms with Crippen molar-refractivity contribution in [2.24, 2.45) is 5.73 Å². The lowest BCUT2D eigenvalue weighted by Gasteiger charge is -2.37. The Morgan fingerprint density at radius 3 is 2.36 bits per heavy atom. The lowest BCUT2D eigenvalue weighted by molar-refractivity contribution is -0.128. The predicted octanol–water partition coefficient (Wildman–Crippen LogP) is 2.95. The zero-order valence-corrected chi connectivity index (χ0v) is 19.4. The van der Waals surface area contributed by atoms with Gasteiger partial charge in [0.2, 0.25) is 11.9 Å². The van der Waals surface area contributed by atoms with E-state index in [0.717, 1.165) is 55.2 Å². The molecule has 2 heterocycles. The van der Waals surface area contributed by atoms with Crippen molar-refractivity contribution in [2.75, 3.05) is 49.6 Å². The van der Waals surface area contributed by atoms with Gasteiger partial charge >= 0.3 is 0 Å². The summed E-state index contributed by atoms with van der Waals surface area (Å²) in [5.41, 5.74) is 11.2. The Morgan fingerprint density at radius 2 is 1.67 bits per heavy atom. The van der Waals surface area contributed by atoms with Crippen LogP contribution in [0.15, 0.2) is 60.9 Å². The van der Waals surface area contributed by atoms with E-state index in [4.69, 9.17) is 5.73 Å². The number of aromatic nitrogens is 2. The van der Waals surface area contributed by atoms with E-state index in [2.05, 4.69) is 57.0 Å². The maximum Gasteiger partial charge on any atom is 0.236 e. The van der Waals surface area contributed by atoms with Gasteiger partial charge in [-0.25, -0.2) is 9.97 Å². The summed E-state index contributed by atoms with van der Waals surface area (Å²) >= 11 is 0. The van der Waals surface area contributed by atoms with Crippen LogP contribution in [-0.4, -0.2) is 60.5 Å². The Kier molecular flexibility index (Phi) is 7.19. The van der Waals surface area contributed by atoms with Gasteiger partial charge in [0.1, 0.15) is 0 Å². The van der Waals surface area contributed by atoms with Crippen molar-refractivity contribution in [1.82, 2.24) is 14.9 Å². The molecule has 3 aromatic rings. The number of para-hydroxylation sites is 1. The number of hydrogen-bond acceptors (Lipinski definition) is 6. The molecule has 1 fully saturated rings. The van der Waals surface area contributed by atoms with E-state index in [1.54, 1.807) is 11.9 Å². The zero-order valence-electron chi connectivity index (χ0n) is 19.4. The van der Waals surface area contributed by atoms with Crippen molar-refractivity contribution in [3.63, 3.8) is 0 Å². The molecular weight excluding hydrogens is 412 g/mol. The second-order valence-electron chi connectivity index (χ2n) is 8.38. The quantitative estimate of drug-likeness (QED) is 0.604. The Bertz CT molecular complexity index is 1080. The smallest absolute Gasteiger partial charge is 0.236 e. The minimum absolute atomic E-state index is 0.0187. The Morgan fingerprint density at radius 1 is 0.970 bits per heavy atom. The van der Waals surface area contributed by atoms with E-state index in [0.29, 0.717) is 6.54 Å². The minimum atomic E-state index is -0.0774. The summed E-state index contributed by atoms with van der Waals surface area (Å²) in [6, 6.07) is 16.8. The summed E-state index contributed by atoms with van der Waals surface area (Å²) in [6.07, 6.45) is 4.81. The molecule has 33 heavy (non-hydrogen) atoms. The molecule has 7 nitrogen and oxygen atoms in total. The summed E-state index contributed by atoms with van der Waals surface area (Å²) in [6.45, 7) is 6.46. The number of carbonyl (C=O) groups is 1. The Balaban J connectivity index is 1.40. The van der Waals surface area contributed by atoms with Gasteiger partial charge in [-0.3, -0.25) is 4.79 Å². The molecule has 1 amide bonds. The van der Waals surface area contributed by atoms with Gasteiger partial charge in [0.05, 0.1) is 6.54 Å². The summed E-state index contributed by atoms with van der Waals surface area (Å²) < 4.78 is 0. The van der Waals surface area contributed by atoms with Crippen LogP contribution in [0.1, 0.15) is 18.1 Å². The molecule has 4 rings (SSSR count). The lowest BCUT2D eigenvalue weighted by atomic mass is 10.1. The topological polar surface area (TPSA) is 78.6 Å². The Labute approximate surface area is 195 Å². The molecule has 7 heteroatoms. The minimum Gasteiger partial charge on any atom is -0.368 e. The number of carbonyl (C=O) groups excluding carboxylic acids is 1. The zero-order chi connectivity index (χ0) is 23.2. The van der Waals surface area contributed by atoms with Crippen molar-refractivity contribution >= 4 is 17.5 Å². The standard InChI is InChI=1S/C26H32N6O/c1-3-21-8-4-5-10-24(21)31-11-13-32(14-12-31)26-28-17-23(18-29-26)22-9-6-7-20(15-22)19-30(2)25(33)16-27/h4-10,15,17-18H,3,11-14,16,19,27H2,1-2H3. The summed E-state index contributed by atoms with van der Waals surface area (Å²) in [5.74, 6) is 0.693. The summed E-state index contributed by atoms with van der Waals surface area (Å²) in [5, 5.41) is 0. The van der Waals surface area contributed by atoms with Gasteiger partial charge in [0.15, 0.2) is 0 Å². The van der Waals surface area contributed by atoms with Gasteiger partial charge in [-0.05, 0) is 35.2 Å². The van der Waals surface area contributed by atoms with Crippen LogP contribution in [0.5, 0.6) is 0 Å². The third kappa shape index (κ3) is 5.31.